The Kier molecular flexibility index (Phi) is 7.24. The molecule has 0 heterocycles. The number of nitrogens with two attached hydrogens (primary N) is 1. The van der Waals surface area contributed by atoms with Crippen LogP contribution in [0.3, 0.4) is 0 Å². The SMILES string of the molecule is CCCOc1ccc(C(N)CS(=O)C(C)C(C)C)cc1. The lowest BCUT2D eigenvalue weighted by Crippen LogP contribution is -2.26. The van der Waals surface area contributed by atoms with Gasteiger partial charge in [-0.1, -0.05) is 39.8 Å². The standard InChI is InChI=1S/C16H27NO2S/c1-5-10-19-15-8-6-14(7-9-15)16(17)11-20(18)13(4)12(2)3/h6-9,12-13,16H,5,10-11,17H2,1-4H3. The van der Waals surface area contributed by atoms with Crippen molar-refractivity contribution in [3.63, 3.8) is 0 Å². The molecule has 0 bridgehead atoms. The Morgan fingerprint density at radius 2 is 1.80 bits per heavy atom. The fourth-order valence-electron chi connectivity index (χ4n) is 1.76. The van der Waals surface area contributed by atoms with E-state index in [1.54, 1.807) is 0 Å². The number of hydrogen-bond acceptors (Lipinski definition) is 3. The summed E-state index contributed by atoms with van der Waals surface area (Å²) in [7, 11) is -0.892. The van der Waals surface area contributed by atoms with Crippen LogP contribution in [0.4, 0.5) is 0 Å². The quantitative estimate of drug-likeness (QED) is 0.801. The summed E-state index contributed by atoms with van der Waals surface area (Å²) in [5, 5.41) is 0.174. The summed E-state index contributed by atoms with van der Waals surface area (Å²) in [6.45, 7) is 9.01. The molecule has 0 fully saturated rings. The molecule has 0 aliphatic rings. The van der Waals surface area contributed by atoms with Gasteiger partial charge in [0.15, 0.2) is 0 Å². The van der Waals surface area contributed by atoms with Crippen LogP contribution in [0.25, 0.3) is 0 Å². The minimum absolute atomic E-state index is 0.174. The third-order valence-electron chi connectivity index (χ3n) is 3.48. The maximum atomic E-state index is 12.2. The second kappa shape index (κ2) is 8.42. The first-order valence-electron chi connectivity index (χ1n) is 7.31. The molecular weight excluding hydrogens is 270 g/mol. The molecule has 3 nitrogen and oxygen atoms in total. The largest absolute Gasteiger partial charge is 0.494 e. The Labute approximate surface area is 125 Å². The van der Waals surface area contributed by atoms with E-state index in [1.165, 1.54) is 0 Å². The van der Waals surface area contributed by atoms with Gasteiger partial charge in [-0.05, 0) is 30.0 Å². The molecule has 1 aromatic carbocycles. The number of ether oxygens (including phenoxy) is 1. The summed E-state index contributed by atoms with van der Waals surface area (Å²) in [6, 6.07) is 7.61. The molecule has 0 radical (unpaired) electrons. The van der Waals surface area contributed by atoms with Crippen molar-refractivity contribution >= 4 is 10.8 Å². The molecule has 0 amide bonds. The molecule has 1 aromatic rings. The fraction of sp³-hybridized carbons (Fsp3) is 0.625. The van der Waals surface area contributed by atoms with Crippen LogP contribution in [0.1, 0.15) is 45.7 Å². The zero-order chi connectivity index (χ0) is 15.1. The first-order chi connectivity index (χ1) is 9.45. The van der Waals surface area contributed by atoms with Crippen LogP contribution >= 0.6 is 0 Å². The molecular formula is C16H27NO2S. The Hall–Kier alpha value is -0.870. The average Bonchev–Trinajstić information content (AvgIpc) is 2.44. The summed E-state index contributed by atoms with van der Waals surface area (Å²) >= 11 is 0. The first-order valence-corrected chi connectivity index (χ1v) is 8.69. The number of benzene rings is 1. The van der Waals surface area contributed by atoms with Crippen molar-refractivity contribution in [1.82, 2.24) is 0 Å². The highest BCUT2D eigenvalue weighted by Gasteiger charge is 2.18. The van der Waals surface area contributed by atoms with Gasteiger partial charge >= 0.3 is 0 Å². The Morgan fingerprint density at radius 1 is 1.20 bits per heavy atom. The molecule has 0 saturated carbocycles. The zero-order valence-electron chi connectivity index (χ0n) is 13.0. The Morgan fingerprint density at radius 3 is 2.30 bits per heavy atom. The number of rotatable bonds is 8. The molecule has 1 rings (SSSR count). The molecule has 114 valence electrons. The van der Waals surface area contributed by atoms with Crippen molar-refractivity contribution in [3.05, 3.63) is 29.8 Å². The van der Waals surface area contributed by atoms with Gasteiger partial charge in [0.1, 0.15) is 5.75 Å². The molecule has 0 saturated heterocycles. The van der Waals surface area contributed by atoms with Crippen molar-refractivity contribution < 1.29 is 8.95 Å². The van der Waals surface area contributed by atoms with Crippen molar-refractivity contribution in [2.45, 2.75) is 45.4 Å². The normalized spacial score (nSPS) is 15.9. The Bertz CT molecular complexity index is 417. The lowest BCUT2D eigenvalue weighted by atomic mass is 10.1. The van der Waals surface area contributed by atoms with Gasteiger partial charge in [0, 0.05) is 27.8 Å². The van der Waals surface area contributed by atoms with Crippen LogP contribution in [-0.2, 0) is 10.8 Å². The summed E-state index contributed by atoms with van der Waals surface area (Å²) < 4.78 is 17.7. The summed E-state index contributed by atoms with van der Waals surface area (Å²) in [5.74, 6) is 1.78. The minimum atomic E-state index is -0.892. The molecule has 0 aliphatic carbocycles. The van der Waals surface area contributed by atoms with Gasteiger partial charge in [0.05, 0.1) is 6.61 Å². The first kappa shape index (κ1) is 17.2. The van der Waals surface area contributed by atoms with Crippen molar-refractivity contribution in [3.8, 4) is 5.75 Å². The van der Waals surface area contributed by atoms with Gasteiger partial charge in [-0.15, -0.1) is 0 Å². The highest BCUT2D eigenvalue weighted by atomic mass is 32.2. The molecule has 0 spiro atoms. The topological polar surface area (TPSA) is 52.3 Å². The van der Waals surface area contributed by atoms with Crippen molar-refractivity contribution in [2.75, 3.05) is 12.4 Å². The van der Waals surface area contributed by atoms with Crippen LogP contribution in [0.2, 0.25) is 0 Å². The van der Waals surface area contributed by atoms with Crippen molar-refractivity contribution in [2.24, 2.45) is 11.7 Å². The lowest BCUT2D eigenvalue weighted by molar-refractivity contribution is 0.317. The molecule has 3 unspecified atom stereocenters. The van der Waals surface area contributed by atoms with E-state index in [0.717, 1.165) is 24.3 Å². The molecule has 4 heteroatoms. The summed E-state index contributed by atoms with van der Waals surface area (Å²) in [6.07, 6.45) is 0.993. The highest BCUT2D eigenvalue weighted by Crippen LogP contribution is 2.19. The van der Waals surface area contributed by atoms with Crippen LogP contribution in [-0.4, -0.2) is 21.8 Å². The van der Waals surface area contributed by atoms with Crippen LogP contribution in [0.15, 0.2) is 24.3 Å². The third-order valence-corrected chi connectivity index (χ3v) is 5.54. The van der Waals surface area contributed by atoms with E-state index in [0.29, 0.717) is 11.7 Å². The van der Waals surface area contributed by atoms with Crippen LogP contribution in [0, 0.1) is 5.92 Å². The summed E-state index contributed by atoms with van der Waals surface area (Å²) in [4.78, 5) is 0. The molecule has 20 heavy (non-hydrogen) atoms. The zero-order valence-corrected chi connectivity index (χ0v) is 13.8. The second-order valence-corrected chi connectivity index (χ2v) is 7.36. The smallest absolute Gasteiger partial charge is 0.119 e. The van der Waals surface area contributed by atoms with E-state index in [-0.39, 0.29) is 11.3 Å². The van der Waals surface area contributed by atoms with E-state index in [4.69, 9.17) is 10.5 Å². The summed E-state index contributed by atoms with van der Waals surface area (Å²) in [5.41, 5.74) is 7.16. The van der Waals surface area contributed by atoms with E-state index in [1.807, 2.05) is 31.2 Å². The predicted octanol–water partition coefficient (Wildman–Crippen LogP) is 3.27. The monoisotopic (exact) mass is 297 g/mol. The molecule has 0 aliphatic heterocycles. The maximum Gasteiger partial charge on any atom is 0.119 e. The second-order valence-electron chi connectivity index (χ2n) is 5.52. The molecule has 0 aromatic heterocycles. The van der Waals surface area contributed by atoms with E-state index in [9.17, 15) is 4.21 Å². The third kappa shape index (κ3) is 5.25. The lowest BCUT2D eigenvalue weighted by Gasteiger charge is -2.18. The van der Waals surface area contributed by atoms with Gasteiger partial charge in [0.2, 0.25) is 0 Å². The van der Waals surface area contributed by atoms with E-state index >= 15 is 0 Å². The number of hydrogen-bond donors (Lipinski definition) is 1. The van der Waals surface area contributed by atoms with E-state index in [2.05, 4.69) is 20.8 Å². The van der Waals surface area contributed by atoms with Gasteiger partial charge in [-0.2, -0.15) is 0 Å². The van der Waals surface area contributed by atoms with Crippen molar-refractivity contribution in [1.29, 1.82) is 0 Å². The van der Waals surface area contributed by atoms with Crippen LogP contribution < -0.4 is 10.5 Å². The fourth-order valence-corrected chi connectivity index (χ4v) is 3.22. The maximum absolute atomic E-state index is 12.2. The minimum Gasteiger partial charge on any atom is -0.494 e. The van der Waals surface area contributed by atoms with Gasteiger partial charge < -0.3 is 10.5 Å². The van der Waals surface area contributed by atoms with Gasteiger partial charge in [0.25, 0.3) is 0 Å². The highest BCUT2D eigenvalue weighted by molar-refractivity contribution is 7.85. The van der Waals surface area contributed by atoms with Crippen LogP contribution in [0.5, 0.6) is 5.75 Å². The van der Waals surface area contributed by atoms with Gasteiger partial charge in [-0.3, -0.25) is 4.21 Å². The van der Waals surface area contributed by atoms with Gasteiger partial charge in [-0.25, -0.2) is 0 Å². The Balaban J connectivity index is 2.59. The van der Waals surface area contributed by atoms with E-state index < -0.39 is 10.8 Å². The molecule has 2 N–H and O–H groups in total. The molecule has 3 atom stereocenters. The predicted molar refractivity (Wildman–Crippen MR) is 86.5 cm³/mol. The average molecular weight is 297 g/mol.